The minimum absolute atomic E-state index is 0.0233. The zero-order chi connectivity index (χ0) is 34.5. The Morgan fingerprint density at radius 3 is 2.02 bits per heavy atom. The van der Waals surface area contributed by atoms with Crippen molar-refractivity contribution in [2.45, 2.75) is 118 Å². The van der Waals surface area contributed by atoms with Gasteiger partial charge in [-0.05, 0) is 0 Å². The molecule has 266 valence electrons. The summed E-state index contributed by atoms with van der Waals surface area (Å²) in [5, 5.41) is 98.6. The first-order valence-corrected chi connectivity index (χ1v) is 14.3. The maximum Gasteiger partial charge on any atom is 0.229 e. The fraction of sp³-hybridized carbons (Fsp3) is 0.880. The Labute approximate surface area is 261 Å². The molecule has 3 rings (SSSR count). The Hall–Kier alpha value is -2.03. The summed E-state index contributed by atoms with van der Waals surface area (Å²) in [5.41, 5.74) is 0. The van der Waals surface area contributed by atoms with Gasteiger partial charge in [-0.1, -0.05) is 0 Å². The Balaban J connectivity index is 1.92. The average molecular weight is 674 g/mol. The van der Waals surface area contributed by atoms with E-state index in [1.165, 1.54) is 0 Å². The normalized spacial score (nSPS) is 42.9. The molecule has 21 nitrogen and oxygen atoms in total. The highest BCUT2D eigenvalue weighted by atomic mass is 16.8. The summed E-state index contributed by atoms with van der Waals surface area (Å²) in [6, 6.07) is -2.79. The molecular formula is C25H43N3O18. The van der Waals surface area contributed by atoms with Gasteiger partial charge in [-0.15, -0.1) is 0 Å². The number of nitrogens with one attached hydrogen (secondary N) is 2. The van der Waals surface area contributed by atoms with E-state index in [1.807, 2.05) is 0 Å². The van der Waals surface area contributed by atoms with Gasteiger partial charge in [0.1, 0.15) is 67.1 Å². The van der Waals surface area contributed by atoms with Crippen molar-refractivity contribution < 1.29 is 88.9 Å². The van der Waals surface area contributed by atoms with E-state index in [1.54, 1.807) is 0 Å². The number of carbonyl (C=O) groups excluding carboxylic acids is 3. The van der Waals surface area contributed by atoms with Crippen LogP contribution in [0.3, 0.4) is 0 Å². The van der Waals surface area contributed by atoms with Gasteiger partial charge in [0.25, 0.3) is 0 Å². The topological polar surface area (TPSA) is 339 Å². The molecule has 14 unspecified atom stereocenters. The smallest absolute Gasteiger partial charge is 0.229 e. The highest BCUT2D eigenvalue weighted by molar-refractivity contribution is 5.73. The van der Waals surface area contributed by atoms with Crippen molar-refractivity contribution in [1.29, 1.82) is 0 Å². The summed E-state index contributed by atoms with van der Waals surface area (Å²) >= 11 is 0. The molecule has 0 aliphatic carbocycles. The lowest BCUT2D eigenvalue weighted by Gasteiger charge is -2.50. The van der Waals surface area contributed by atoms with E-state index in [0.717, 1.165) is 13.8 Å². The van der Waals surface area contributed by atoms with Crippen molar-refractivity contribution in [3.05, 3.63) is 0 Å². The molecule has 0 aromatic carbocycles. The molecule has 0 spiro atoms. The SMILES string of the molecule is CC(=O)NC1C(ON)OC(CO)C(OC2OC(CO)C(O)C(OC3(C=O)CC(O)C(NC(C)=O)C([C@H](O)[C@H](O)CO)O3)C2O)C1O. The van der Waals surface area contributed by atoms with Crippen LogP contribution in [0.4, 0.5) is 0 Å². The maximum absolute atomic E-state index is 12.5. The molecule has 3 aliphatic heterocycles. The Kier molecular flexibility index (Phi) is 13.7. The number of nitrogens with two attached hydrogens (primary N) is 1. The van der Waals surface area contributed by atoms with Gasteiger partial charge < -0.3 is 80.3 Å². The lowest BCUT2D eigenvalue weighted by Crippen LogP contribution is -2.70. The van der Waals surface area contributed by atoms with Crippen LogP contribution in [-0.2, 0) is 42.9 Å². The molecule has 13 N–H and O–H groups in total. The van der Waals surface area contributed by atoms with Crippen LogP contribution in [0, 0.1) is 0 Å². The van der Waals surface area contributed by atoms with Crippen LogP contribution in [0.5, 0.6) is 0 Å². The fourth-order valence-corrected chi connectivity index (χ4v) is 5.62. The van der Waals surface area contributed by atoms with Gasteiger partial charge in [-0.3, -0.25) is 19.2 Å². The van der Waals surface area contributed by atoms with Gasteiger partial charge in [-0.25, -0.2) is 5.90 Å². The molecule has 0 radical (unpaired) electrons. The van der Waals surface area contributed by atoms with Crippen molar-refractivity contribution >= 4 is 18.1 Å². The van der Waals surface area contributed by atoms with Crippen LogP contribution in [0.15, 0.2) is 0 Å². The predicted octanol–water partition coefficient (Wildman–Crippen LogP) is -8.07. The first-order chi connectivity index (χ1) is 21.7. The van der Waals surface area contributed by atoms with Crippen molar-refractivity contribution in [2.75, 3.05) is 19.8 Å². The summed E-state index contributed by atoms with van der Waals surface area (Å²) in [6.07, 6.45) is -23.7. The van der Waals surface area contributed by atoms with E-state index in [-0.39, 0.29) is 6.29 Å². The van der Waals surface area contributed by atoms with Crippen LogP contribution in [0.1, 0.15) is 20.3 Å². The van der Waals surface area contributed by atoms with Gasteiger partial charge >= 0.3 is 0 Å². The van der Waals surface area contributed by atoms with E-state index in [4.69, 9.17) is 29.6 Å². The molecule has 0 saturated carbocycles. The highest BCUT2D eigenvalue weighted by Crippen LogP contribution is 2.37. The largest absolute Gasteiger partial charge is 0.394 e. The first-order valence-electron chi connectivity index (χ1n) is 14.3. The minimum atomic E-state index is -2.59. The molecule has 21 heteroatoms. The van der Waals surface area contributed by atoms with Crippen molar-refractivity contribution in [2.24, 2.45) is 5.90 Å². The summed E-state index contributed by atoms with van der Waals surface area (Å²) in [5.74, 6) is 1.30. The third-order valence-corrected chi connectivity index (χ3v) is 7.87. The maximum atomic E-state index is 12.5. The molecule has 46 heavy (non-hydrogen) atoms. The van der Waals surface area contributed by atoms with Crippen molar-refractivity contribution in [1.82, 2.24) is 10.6 Å². The number of rotatable bonds is 13. The molecule has 0 aromatic heterocycles. The van der Waals surface area contributed by atoms with Gasteiger partial charge in [-0.2, -0.15) is 0 Å². The Morgan fingerprint density at radius 1 is 0.913 bits per heavy atom. The lowest BCUT2D eigenvalue weighted by atomic mass is 9.88. The van der Waals surface area contributed by atoms with Crippen molar-refractivity contribution in [3.63, 3.8) is 0 Å². The monoisotopic (exact) mass is 673 g/mol. The Bertz CT molecular complexity index is 1030. The van der Waals surface area contributed by atoms with Gasteiger partial charge in [0.15, 0.2) is 18.9 Å². The second kappa shape index (κ2) is 16.4. The van der Waals surface area contributed by atoms with E-state index >= 15 is 0 Å². The van der Waals surface area contributed by atoms with E-state index in [2.05, 4.69) is 15.5 Å². The van der Waals surface area contributed by atoms with Crippen LogP contribution < -0.4 is 16.5 Å². The first kappa shape index (κ1) is 38.4. The summed E-state index contributed by atoms with van der Waals surface area (Å²) in [4.78, 5) is 40.6. The summed E-state index contributed by atoms with van der Waals surface area (Å²) in [6.45, 7) is -0.499. The van der Waals surface area contributed by atoms with Gasteiger partial charge in [0.2, 0.25) is 17.6 Å². The highest BCUT2D eigenvalue weighted by Gasteiger charge is 2.57. The molecular weight excluding hydrogens is 630 g/mol. The second-order valence-corrected chi connectivity index (χ2v) is 11.2. The number of carbonyl (C=O) groups is 3. The van der Waals surface area contributed by atoms with Gasteiger partial charge in [0.05, 0.1) is 32.0 Å². The quantitative estimate of drug-likeness (QED) is 0.0637. The molecule has 16 atom stereocenters. The number of hydrogen-bond acceptors (Lipinski definition) is 19. The standard InChI is InChI=1S/C25H43N3O18/c1-8(33)27-14-10(35)3-25(7-32,44-21(14)16(37)11(36)4-29)45-22-17(38)12(5-30)41-24(19(22)40)43-20-13(6-31)42-23(46-26)15(18(20)39)28-9(2)34/h7,10-24,29-31,35-40H,3-6,26H2,1-2H3,(H,27,33)(H,28,34)/t10?,11-,12?,13?,14?,15?,16-,17?,18?,19?,20?,21?,22?,23?,24?,25?/m1/s1. The van der Waals surface area contributed by atoms with Crippen LogP contribution in [0.25, 0.3) is 0 Å². The Morgan fingerprint density at radius 2 is 1.50 bits per heavy atom. The fourth-order valence-electron chi connectivity index (χ4n) is 5.62. The molecule has 0 aromatic rings. The number of hydrogen-bond donors (Lipinski definition) is 12. The molecule has 3 saturated heterocycles. The molecule has 3 aliphatic rings. The number of aliphatic hydroxyl groups excluding tert-OH is 9. The lowest BCUT2D eigenvalue weighted by molar-refractivity contribution is -0.378. The van der Waals surface area contributed by atoms with Crippen LogP contribution in [0.2, 0.25) is 0 Å². The second-order valence-electron chi connectivity index (χ2n) is 11.2. The zero-order valence-corrected chi connectivity index (χ0v) is 24.8. The predicted molar refractivity (Wildman–Crippen MR) is 143 cm³/mol. The summed E-state index contributed by atoms with van der Waals surface area (Å²) < 4.78 is 28.1. The summed E-state index contributed by atoms with van der Waals surface area (Å²) in [7, 11) is 0. The average Bonchev–Trinajstić information content (AvgIpc) is 3.02. The molecule has 0 bridgehead atoms. The van der Waals surface area contributed by atoms with E-state index in [9.17, 15) is 60.3 Å². The van der Waals surface area contributed by atoms with Crippen molar-refractivity contribution in [3.8, 4) is 0 Å². The number of ether oxygens (including phenoxy) is 5. The van der Waals surface area contributed by atoms with Crippen LogP contribution >= 0.6 is 0 Å². The zero-order valence-electron chi connectivity index (χ0n) is 24.8. The number of aldehydes is 1. The number of amides is 2. The third kappa shape index (κ3) is 8.33. The molecule has 3 fully saturated rings. The van der Waals surface area contributed by atoms with E-state index < -0.39 is 136 Å². The minimum Gasteiger partial charge on any atom is -0.394 e. The van der Waals surface area contributed by atoms with E-state index in [0.29, 0.717) is 0 Å². The van der Waals surface area contributed by atoms with Crippen LogP contribution in [-0.4, -0.2) is 181 Å². The third-order valence-electron chi connectivity index (χ3n) is 7.87. The van der Waals surface area contributed by atoms with Gasteiger partial charge in [0, 0.05) is 20.3 Å². The molecule has 2 amide bonds. The molecule has 3 heterocycles. The number of aliphatic hydroxyl groups is 9.